The summed E-state index contributed by atoms with van der Waals surface area (Å²) < 4.78 is 5.92. The molecular formula is C24H21N3O2. The van der Waals surface area contributed by atoms with Gasteiger partial charge in [-0.15, -0.1) is 10.2 Å². The van der Waals surface area contributed by atoms with Crippen molar-refractivity contribution in [3.63, 3.8) is 0 Å². The van der Waals surface area contributed by atoms with E-state index >= 15 is 0 Å². The quantitative estimate of drug-likeness (QED) is 0.441. The van der Waals surface area contributed by atoms with Gasteiger partial charge in [0.25, 0.3) is 0 Å². The largest absolute Gasteiger partial charge is 0.419 e. The molecule has 5 nitrogen and oxygen atoms in total. The molecule has 0 aliphatic heterocycles. The first-order chi connectivity index (χ1) is 14.3. The van der Waals surface area contributed by atoms with Crippen LogP contribution < -0.4 is 5.32 Å². The van der Waals surface area contributed by atoms with E-state index in [1.54, 1.807) is 0 Å². The minimum Gasteiger partial charge on any atom is -0.419 e. The second-order valence-electron chi connectivity index (χ2n) is 6.72. The Balaban J connectivity index is 1.56. The average molecular weight is 383 g/mol. The van der Waals surface area contributed by atoms with Crippen LogP contribution in [0.3, 0.4) is 0 Å². The topological polar surface area (TPSA) is 68.0 Å². The summed E-state index contributed by atoms with van der Waals surface area (Å²) in [5.41, 5.74) is 2.64. The van der Waals surface area contributed by atoms with Crippen molar-refractivity contribution in [1.29, 1.82) is 0 Å². The Labute approximate surface area is 169 Å². The normalized spacial score (nSPS) is 11.9. The maximum Gasteiger partial charge on any atom is 0.247 e. The van der Waals surface area contributed by atoms with Crippen LogP contribution in [0.15, 0.2) is 95.4 Å². The van der Waals surface area contributed by atoms with Gasteiger partial charge < -0.3 is 9.73 Å². The van der Waals surface area contributed by atoms with Crippen molar-refractivity contribution < 1.29 is 9.21 Å². The van der Waals surface area contributed by atoms with E-state index in [0.29, 0.717) is 23.9 Å². The van der Waals surface area contributed by atoms with Gasteiger partial charge in [-0.2, -0.15) is 0 Å². The fraction of sp³-hybridized carbons (Fsp3) is 0.125. The minimum absolute atomic E-state index is 0.0237. The molecule has 0 aliphatic carbocycles. The first kappa shape index (κ1) is 18.8. The highest BCUT2D eigenvalue weighted by atomic mass is 16.4. The second-order valence-corrected chi connectivity index (χ2v) is 6.72. The molecule has 0 spiro atoms. The van der Waals surface area contributed by atoms with Crippen molar-refractivity contribution in [3.8, 4) is 11.5 Å². The molecule has 1 aromatic heterocycles. The van der Waals surface area contributed by atoms with Gasteiger partial charge in [0.2, 0.25) is 11.8 Å². The van der Waals surface area contributed by atoms with Crippen molar-refractivity contribution in [2.75, 3.05) is 0 Å². The Kier molecular flexibility index (Phi) is 5.88. The molecule has 4 aromatic rings. The van der Waals surface area contributed by atoms with Crippen LogP contribution in [0.2, 0.25) is 0 Å². The summed E-state index contributed by atoms with van der Waals surface area (Å²) >= 11 is 0. The highest BCUT2D eigenvalue weighted by molar-refractivity contribution is 5.96. The molecule has 0 saturated carbocycles. The number of carbonyl (C=O) groups excluding carboxylic acids is 1. The molecule has 1 N–H and O–H groups in total. The number of aromatic nitrogens is 2. The zero-order valence-corrected chi connectivity index (χ0v) is 15.9. The van der Waals surface area contributed by atoms with E-state index in [0.717, 1.165) is 11.1 Å². The smallest absolute Gasteiger partial charge is 0.247 e. The van der Waals surface area contributed by atoms with Crippen LogP contribution >= 0.6 is 0 Å². The van der Waals surface area contributed by atoms with E-state index in [-0.39, 0.29) is 18.2 Å². The SMILES string of the molecule is O=C(CC(NCc1ccccc1)c1nnc(-c2ccccc2)o1)c1ccccc1. The summed E-state index contributed by atoms with van der Waals surface area (Å²) in [7, 11) is 0. The Morgan fingerprint density at radius 1 is 0.828 bits per heavy atom. The third kappa shape index (κ3) is 4.83. The van der Waals surface area contributed by atoms with Gasteiger partial charge in [0, 0.05) is 24.1 Å². The van der Waals surface area contributed by atoms with E-state index in [1.807, 2.05) is 91.0 Å². The van der Waals surface area contributed by atoms with Crippen molar-refractivity contribution in [2.24, 2.45) is 0 Å². The van der Waals surface area contributed by atoms with Crippen LogP contribution in [0.5, 0.6) is 0 Å². The standard InChI is InChI=1S/C24H21N3O2/c28-22(19-12-6-2-7-13-19)16-21(25-17-18-10-4-1-5-11-18)24-27-26-23(29-24)20-14-8-3-9-15-20/h1-15,21,25H,16-17H2. The van der Waals surface area contributed by atoms with Crippen LogP contribution in [0, 0.1) is 0 Å². The number of hydrogen-bond acceptors (Lipinski definition) is 5. The zero-order chi connectivity index (χ0) is 19.9. The molecule has 3 aromatic carbocycles. The van der Waals surface area contributed by atoms with Crippen LogP contribution in [0.1, 0.15) is 34.3 Å². The van der Waals surface area contributed by atoms with Gasteiger partial charge in [0.1, 0.15) is 0 Å². The average Bonchev–Trinajstić information content (AvgIpc) is 3.28. The molecule has 0 saturated heterocycles. The number of nitrogens with zero attached hydrogens (tertiary/aromatic N) is 2. The maximum absolute atomic E-state index is 12.8. The molecule has 0 bridgehead atoms. The number of ketones is 1. The lowest BCUT2D eigenvalue weighted by Gasteiger charge is -2.15. The third-order valence-electron chi connectivity index (χ3n) is 4.64. The van der Waals surface area contributed by atoms with Crippen LogP contribution in [0.25, 0.3) is 11.5 Å². The van der Waals surface area contributed by atoms with Gasteiger partial charge in [-0.05, 0) is 17.7 Å². The molecule has 0 aliphatic rings. The number of carbonyl (C=O) groups is 1. The fourth-order valence-electron chi connectivity index (χ4n) is 3.08. The van der Waals surface area contributed by atoms with E-state index in [1.165, 1.54) is 0 Å². The first-order valence-corrected chi connectivity index (χ1v) is 9.54. The molecule has 1 atom stereocenters. The monoisotopic (exact) mass is 383 g/mol. The Morgan fingerprint density at radius 3 is 2.14 bits per heavy atom. The van der Waals surface area contributed by atoms with Crippen molar-refractivity contribution >= 4 is 5.78 Å². The number of nitrogens with one attached hydrogen (secondary N) is 1. The summed E-state index contributed by atoms with van der Waals surface area (Å²) in [6.45, 7) is 0.594. The molecular weight excluding hydrogens is 362 g/mol. The van der Waals surface area contributed by atoms with E-state index in [9.17, 15) is 4.79 Å². The molecule has 5 heteroatoms. The second kappa shape index (κ2) is 9.08. The first-order valence-electron chi connectivity index (χ1n) is 9.54. The summed E-state index contributed by atoms with van der Waals surface area (Å²) in [5, 5.41) is 11.8. The Morgan fingerprint density at radius 2 is 1.45 bits per heavy atom. The van der Waals surface area contributed by atoms with Gasteiger partial charge in [-0.1, -0.05) is 78.9 Å². The van der Waals surface area contributed by atoms with Crippen LogP contribution in [-0.4, -0.2) is 16.0 Å². The third-order valence-corrected chi connectivity index (χ3v) is 4.64. The van der Waals surface area contributed by atoms with Gasteiger partial charge in [0.15, 0.2) is 5.78 Å². The van der Waals surface area contributed by atoms with Crippen LogP contribution in [-0.2, 0) is 6.54 Å². The fourth-order valence-corrected chi connectivity index (χ4v) is 3.08. The summed E-state index contributed by atoms with van der Waals surface area (Å²) in [6, 6.07) is 28.5. The van der Waals surface area contributed by atoms with Gasteiger partial charge in [-0.3, -0.25) is 4.79 Å². The predicted molar refractivity (Wildman–Crippen MR) is 111 cm³/mol. The summed E-state index contributed by atoms with van der Waals surface area (Å²) in [5.74, 6) is 0.874. The lowest BCUT2D eigenvalue weighted by atomic mass is 10.0. The van der Waals surface area contributed by atoms with E-state index in [2.05, 4.69) is 15.5 Å². The molecule has 144 valence electrons. The highest BCUT2D eigenvalue weighted by Crippen LogP contribution is 2.24. The van der Waals surface area contributed by atoms with Gasteiger partial charge in [-0.25, -0.2) is 0 Å². The van der Waals surface area contributed by atoms with Crippen LogP contribution in [0.4, 0.5) is 0 Å². The van der Waals surface area contributed by atoms with E-state index < -0.39 is 0 Å². The van der Waals surface area contributed by atoms with Crippen molar-refractivity contribution in [1.82, 2.24) is 15.5 Å². The zero-order valence-electron chi connectivity index (χ0n) is 15.9. The van der Waals surface area contributed by atoms with E-state index in [4.69, 9.17) is 4.42 Å². The molecule has 1 unspecified atom stereocenters. The number of hydrogen-bond donors (Lipinski definition) is 1. The summed E-state index contributed by atoms with van der Waals surface area (Å²) in [6.07, 6.45) is 0.229. The molecule has 0 fully saturated rings. The molecule has 0 radical (unpaired) electrons. The lowest BCUT2D eigenvalue weighted by Crippen LogP contribution is -2.24. The number of Topliss-reactive ketones (excluding diaryl/α,β-unsaturated/α-hetero) is 1. The Bertz CT molecular complexity index is 1050. The Hall–Kier alpha value is -3.57. The highest BCUT2D eigenvalue weighted by Gasteiger charge is 2.23. The molecule has 0 amide bonds. The molecule has 1 heterocycles. The van der Waals surface area contributed by atoms with Gasteiger partial charge in [0.05, 0.1) is 6.04 Å². The number of benzene rings is 3. The van der Waals surface area contributed by atoms with Crippen molar-refractivity contribution in [3.05, 3.63) is 108 Å². The van der Waals surface area contributed by atoms with Gasteiger partial charge >= 0.3 is 0 Å². The molecule has 29 heavy (non-hydrogen) atoms. The van der Waals surface area contributed by atoms with Crippen molar-refractivity contribution in [2.45, 2.75) is 19.0 Å². The predicted octanol–water partition coefficient (Wildman–Crippen LogP) is 4.84. The summed E-state index contributed by atoms with van der Waals surface area (Å²) in [4.78, 5) is 12.8. The lowest BCUT2D eigenvalue weighted by molar-refractivity contribution is 0.0963. The minimum atomic E-state index is -0.382. The molecule has 4 rings (SSSR count). The number of rotatable bonds is 8. The maximum atomic E-state index is 12.8.